The summed E-state index contributed by atoms with van der Waals surface area (Å²) in [4.78, 5) is 4.19. The van der Waals surface area contributed by atoms with Crippen molar-refractivity contribution in [3.8, 4) is 0 Å². The standard InChI is InChI=1S/C9H12N4S/c1-6-3-7(2)13(12-6)4-9-11-8(10)5-14-9/h3,5H,4,10H2,1-2H3. The zero-order chi connectivity index (χ0) is 10.1. The van der Waals surface area contributed by atoms with Crippen LogP contribution in [0.3, 0.4) is 0 Å². The number of nitrogen functional groups attached to an aromatic ring is 1. The Balaban J connectivity index is 2.22. The average molecular weight is 208 g/mol. The molecule has 0 amide bonds. The quantitative estimate of drug-likeness (QED) is 0.815. The van der Waals surface area contributed by atoms with Gasteiger partial charge in [0.25, 0.3) is 0 Å². The van der Waals surface area contributed by atoms with Crippen LogP contribution in [0.1, 0.15) is 16.4 Å². The van der Waals surface area contributed by atoms with Gasteiger partial charge in [-0.15, -0.1) is 11.3 Å². The molecule has 0 fully saturated rings. The second-order valence-electron chi connectivity index (χ2n) is 3.25. The molecular formula is C9H12N4S. The van der Waals surface area contributed by atoms with Gasteiger partial charge < -0.3 is 5.73 Å². The van der Waals surface area contributed by atoms with E-state index in [2.05, 4.69) is 16.1 Å². The van der Waals surface area contributed by atoms with Crippen LogP contribution in [0.25, 0.3) is 0 Å². The number of thiazole rings is 1. The van der Waals surface area contributed by atoms with E-state index in [9.17, 15) is 0 Å². The van der Waals surface area contributed by atoms with E-state index in [0.29, 0.717) is 12.4 Å². The van der Waals surface area contributed by atoms with Gasteiger partial charge in [-0.25, -0.2) is 4.98 Å². The molecule has 14 heavy (non-hydrogen) atoms. The molecule has 74 valence electrons. The van der Waals surface area contributed by atoms with Crippen LogP contribution < -0.4 is 5.73 Å². The number of hydrogen-bond acceptors (Lipinski definition) is 4. The lowest BCUT2D eigenvalue weighted by Gasteiger charge is -1.99. The first-order valence-corrected chi connectivity index (χ1v) is 5.24. The summed E-state index contributed by atoms with van der Waals surface area (Å²) in [6, 6.07) is 2.05. The van der Waals surface area contributed by atoms with E-state index in [1.165, 1.54) is 0 Å². The third-order valence-corrected chi connectivity index (χ3v) is 2.81. The second kappa shape index (κ2) is 3.42. The fourth-order valence-corrected chi connectivity index (χ4v) is 2.03. The topological polar surface area (TPSA) is 56.7 Å². The summed E-state index contributed by atoms with van der Waals surface area (Å²) in [5.41, 5.74) is 7.73. The summed E-state index contributed by atoms with van der Waals surface area (Å²) in [7, 11) is 0. The SMILES string of the molecule is Cc1cc(C)n(Cc2nc(N)cs2)n1. The summed E-state index contributed by atoms with van der Waals surface area (Å²) < 4.78 is 1.94. The Labute approximate surface area is 86.4 Å². The number of hydrogen-bond donors (Lipinski definition) is 1. The third kappa shape index (κ3) is 1.77. The predicted octanol–water partition coefficient (Wildman–Crippen LogP) is 1.59. The Bertz CT molecular complexity index is 443. The Morgan fingerprint density at radius 2 is 2.29 bits per heavy atom. The molecule has 2 aromatic heterocycles. The third-order valence-electron chi connectivity index (χ3n) is 1.96. The van der Waals surface area contributed by atoms with Crippen LogP contribution in [0.4, 0.5) is 5.82 Å². The molecule has 0 saturated carbocycles. The van der Waals surface area contributed by atoms with Crippen LogP contribution in [0.2, 0.25) is 0 Å². The lowest BCUT2D eigenvalue weighted by Crippen LogP contribution is -2.03. The molecule has 2 rings (SSSR count). The summed E-state index contributed by atoms with van der Waals surface area (Å²) in [5.74, 6) is 0.589. The second-order valence-corrected chi connectivity index (χ2v) is 4.19. The van der Waals surface area contributed by atoms with E-state index < -0.39 is 0 Å². The van der Waals surface area contributed by atoms with E-state index in [1.54, 1.807) is 11.3 Å². The molecule has 0 atom stereocenters. The van der Waals surface area contributed by atoms with Crippen molar-refractivity contribution in [2.24, 2.45) is 0 Å². The zero-order valence-electron chi connectivity index (χ0n) is 8.19. The minimum absolute atomic E-state index is 0.589. The van der Waals surface area contributed by atoms with Crippen molar-refractivity contribution in [2.75, 3.05) is 5.73 Å². The van der Waals surface area contributed by atoms with Crippen LogP contribution in [0.15, 0.2) is 11.4 Å². The highest BCUT2D eigenvalue weighted by atomic mass is 32.1. The summed E-state index contributed by atoms with van der Waals surface area (Å²) in [6.45, 7) is 4.73. The van der Waals surface area contributed by atoms with Gasteiger partial charge in [-0.3, -0.25) is 4.68 Å². The predicted molar refractivity (Wildman–Crippen MR) is 57.3 cm³/mol. The molecule has 0 aliphatic rings. The van der Waals surface area contributed by atoms with Crippen molar-refractivity contribution < 1.29 is 0 Å². The highest BCUT2D eigenvalue weighted by Crippen LogP contribution is 2.13. The maximum Gasteiger partial charge on any atom is 0.134 e. The Morgan fingerprint density at radius 1 is 1.50 bits per heavy atom. The van der Waals surface area contributed by atoms with E-state index in [1.807, 2.05) is 23.9 Å². The summed E-state index contributed by atoms with van der Waals surface area (Å²) in [6.07, 6.45) is 0. The number of anilines is 1. The molecule has 0 unspecified atom stereocenters. The Hall–Kier alpha value is -1.36. The summed E-state index contributed by atoms with van der Waals surface area (Å²) in [5, 5.41) is 7.20. The molecule has 0 aliphatic heterocycles. The first-order chi connectivity index (χ1) is 6.65. The molecule has 2 N–H and O–H groups in total. The van der Waals surface area contributed by atoms with E-state index in [4.69, 9.17) is 5.73 Å². The van der Waals surface area contributed by atoms with Crippen molar-refractivity contribution in [3.63, 3.8) is 0 Å². The molecular weight excluding hydrogens is 196 g/mol. The van der Waals surface area contributed by atoms with Gasteiger partial charge in [0.05, 0.1) is 12.2 Å². The first kappa shape index (κ1) is 9.21. The molecule has 0 saturated heterocycles. The molecule has 2 aromatic rings. The van der Waals surface area contributed by atoms with Crippen LogP contribution >= 0.6 is 11.3 Å². The molecule has 0 spiro atoms. The van der Waals surface area contributed by atoms with Crippen molar-refractivity contribution in [3.05, 3.63) is 27.8 Å². The van der Waals surface area contributed by atoms with E-state index in [0.717, 1.165) is 16.4 Å². The van der Waals surface area contributed by atoms with Gasteiger partial charge in [-0.05, 0) is 19.9 Å². The molecule has 5 heteroatoms. The normalized spacial score (nSPS) is 10.7. The van der Waals surface area contributed by atoms with Crippen molar-refractivity contribution in [1.82, 2.24) is 14.8 Å². The fourth-order valence-electron chi connectivity index (χ4n) is 1.36. The number of aromatic nitrogens is 3. The lowest BCUT2D eigenvalue weighted by molar-refractivity contribution is 0.656. The molecule has 0 bridgehead atoms. The highest BCUT2D eigenvalue weighted by Gasteiger charge is 2.04. The van der Waals surface area contributed by atoms with Gasteiger partial charge in [-0.2, -0.15) is 5.10 Å². The number of nitrogens with zero attached hydrogens (tertiary/aromatic N) is 3. The van der Waals surface area contributed by atoms with Crippen LogP contribution in [0, 0.1) is 13.8 Å². The largest absolute Gasteiger partial charge is 0.383 e. The van der Waals surface area contributed by atoms with Gasteiger partial charge in [0.1, 0.15) is 10.8 Å². The monoisotopic (exact) mass is 208 g/mol. The molecule has 2 heterocycles. The maximum absolute atomic E-state index is 5.55. The van der Waals surface area contributed by atoms with Crippen molar-refractivity contribution in [2.45, 2.75) is 20.4 Å². The van der Waals surface area contributed by atoms with Crippen LogP contribution in [-0.4, -0.2) is 14.8 Å². The van der Waals surface area contributed by atoms with E-state index in [-0.39, 0.29) is 0 Å². The van der Waals surface area contributed by atoms with Gasteiger partial charge in [0.2, 0.25) is 0 Å². The van der Waals surface area contributed by atoms with Crippen molar-refractivity contribution >= 4 is 17.2 Å². The average Bonchev–Trinajstić information content (AvgIpc) is 2.61. The fraction of sp³-hybridized carbons (Fsp3) is 0.333. The van der Waals surface area contributed by atoms with Crippen molar-refractivity contribution in [1.29, 1.82) is 0 Å². The van der Waals surface area contributed by atoms with Crippen LogP contribution in [0.5, 0.6) is 0 Å². The number of rotatable bonds is 2. The van der Waals surface area contributed by atoms with Gasteiger partial charge in [-0.1, -0.05) is 0 Å². The van der Waals surface area contributed by atoms with Gasteiger partial charge in [0.15, 0.2) is 0 Å². The molecule has 0 aliphatic carbocycles. The zero-order valence-corrected chi connectivity index (χ0v) is 9.01. The molecule has 0 radical (unpaired) electrons. The van der Waals surface area contributed by atoms with Crippen LogP contribution in [-0.2, 0) is 6.54 Å². The highest BCUT2D eigenvalue weighted by molar-refractivity contribution is 7.09. The van der Waals surface area contributed by atoms with E-state index >= 15 is 0 Å². The number of nitrogens with two attached hydrogens (primary N) is 1. The molecule has 0 aromatic carbocycles. The smallest absolute Gasteiger partial charge is 0.134 e. The van der Waals surface area contributed by atoms with Gasteiger partial charge >= 0.3 is 0 Å². The number of aryl methyl sites for hydroxylation is 2. The first-order valence-electron chi connectivity index (χ1n) is 4.36. The minimum atomic E-state index is 0.589. The maximum atomic E-state index is 5.55. The Kier molecular flexibility index (Phi) is 2.25. The minimum Gasteiger partial charge on any atom is -0.383 e. The summed E-state index contributed by atoms with van der Waals surface area (Å²) >= 11 is 1.57. The molecule has 4 nitrogen and oxygen atoms in total. The Morgan fingerprint density at radius 3 is 2.79 bits per heavy atom. The van der Waals surface area contributed by atoms with Gasteiger partial charge in [0, 0.05) is 11.1 Å². The lowest BCUT2D eigenvalue weighted by atomic mass is 10.4.